The molecular formula is C16H22ClN3OS. The van der Waals surface area contributed by atoms with Crippen molar-refractivity contribution in [3.63, 3.8) is 0 Å². The highest BCUT2D eigenvalue weighted by molar-refractivity contribution is 7.09. The molecule has 1 aromatic carbocycles. The highest BCUT2D eigenvalue weighted by Gasteiger charge is 2.21. The first-order chi connectivity index (χ1) is 10.0. The van der Waals surface area contributed by atoms with Crippen molar-refractivity contribution in [2.75, 3.05) is 13.6 Å². The Morgan fingerprint density at radius 3 is 2.59 bits per heavy atom. The number of nitrogens with zero attached hydrogens (tertiary/aromatic N) is 2. The van der Waals surface area contributed by atoms with Gasteiger partial charge in [-0.1, -0.05) is 29.8 Å². The fraction of sp³-hybridized carbons (Fsp3) is 0.375. The summed E-state index contributed by atoms with van der Waals surface area (Å²) in [5.74, 6) is -0.0532. The molecule has 0 saturated carbocycles. The predicted molar refractivity (Wildman–Crippen MR) is 93.8 cm³/mol. The zero-order chi connectivity index (χ0) is 15.4. The summed E-state index contributed by atoms with van der Waals surface area (Å²) in [5, 5.41) is 2.73. The lowest BCUT2D eigenvalue weighted by molar-refractivity contribution is 0.0737. The average molecular weight is 340 g/mol. The summed E-state index contributed by atoms with van der Waals surface area (Å²) < 4.78 is 0. The molecule has 0 aliphatic rings. The Labute approximate surface area is 141 Å². The van der Waals surface area contributed by atoms with E-state index in [2.05, 4.69) is 36.2 Å². The van der Waals surface area contributed by atoms with Crippen LogP contribution in [0, 0.1) is 6.92 Å². The van der Waals surface area contributed by atoms with Gasteiger partial charge in [0.25, 0.3) is 5.91 Å². The Morgan fingerprint density at radius 2 is 2.00 bits per heavy atom. The molecule has 1 heterocycles. The average Bonchev–Trinajstić information content (AvgIpc) is 2.95. The van der Waals surface area contributed by atoms with Crippen molar-refractivity contribution in [2.24, 2.45) is 5.73 Å². The van der Waals surface area contributed by atoms with Crippen LogP contribution in [0.3, 0.4) is 0 Å². The number of hydrogen-bond donors (Lipinski definition) is 1. The van der Waals surface area contributed by atoms with E-state index < -0.39 is 0 Å². The SMILES string of the molecule is Cc1ccc(C(C)N(C)C(=O)c2csc(CCN)n2)cc1.Cl. The number of nitrogens with two attached hydrogens (primary N) is 1. The molecule has 0 fully saturated rings. The molecule has 1 amide bonds. The van der Waals surface area contributed by atoms with Crippen molar-refractivity contribution < 1.29 is 4.79 Å². The third kappa shape index (κ3) is 4.29. The van der Waals surface area contributed by atoms with E-state index in [0.29, 0.717) is 12.2 Å². The third-order valence-electron chi connectivity index (χ3n) is 3.59. The maximum absolute atomic E-state index is 12.5. The molecule has 0 aliphatic heterocycles. The van der Waals surface area contributed by atoms with Gasteiger partial charge in [-0.05, 0) is 26.0 Å². The monoisotopic (exact) mass is 339 g/mol. The maximum atomic E-state index is 12.5. The molecule has 120 valence electrons. The van der Waals surface area contributed by atoms with Crippen LogP contribution in [0.15, 0.2) is 29.6 Å². The summed E-state index contributed by atoms with van der Waals surface area (Å²) in [5.41, 5.74) is 8.35. The maximum Gasteiger partial charge on any atom is 0.273 e. The molecule has 0 aliphatic carbocycles. The van der Waals surface area contributed by atoms with E-state index in [1.807, 2.05) is 19.4 Å². The van der Waals surface area contributed by atoms with Gasteiger partial charge < -0.3 is 10.6 Å². The minimum atomic E-state index is -0.0532. The van der Waals surface area contributed by atoms with Crippen LogP contribution in [-0.4, -0.2) is 29.4 Å². The number of aromatic nitrogens is 1. The molecule has 6 heteroatoms. The molecule has 0 radical (unpaired) electrons. The van der Waals surface area contributed by atoms with E-state index in [-0.39, 0.29) is 24.4 Å². The number of carbonyl (C=O) groups is 1. The minimum Gasteiger partial charge on any atom is -0.334 e. The summed E-state index contributed by atoms with van der Waals surface area (Å²) >= 11 is 1.49. The Hall–Kier alpha value is -1.43. The fourth-order valence-electron chi connectivity index (χ4n) is 2.07. The lowest BCUT2D eigenvalue weighted by Gasteiger charge is -2.24. The Kier molecular flexibility index (Phi) is 7.00. The molecule has 4 nitrogen and oxygen atoms in total. The van der Waals surface area contributed by atoms with Gasteiger partial charge in [-0.3, -0.25) is 4.79 Å². The van der Waals surface area contributed by atoms with Gasteiger partial charge in [-0.25, -0.2) is 4.98 Å². The zero-order valence-electron chi connectivity index (χ0n) is 13.1. The molecule has 1 aromatic heterocycles. The minimum absolute atomic E-state index is 0. The van der Waals surface area contributed by atoms with E-state index in [9.17, 15) is 4.79 Å². The van der Waals surface area contributed by atoms with Gasteiger partial charge in [0.2, 0.25) is 0 Å². The van der Waals surface area contributed by atoms with Gasteiger partial charge >= 0.3 is 0 Å². The van der Waals surface area contributed by atoms with Crippen molar-refractivity contribution in [1.29, 1.82) is 0 Å². The molecule has 2 aromatic rings. The van der Waals surface area contributed by atoms with Crippen molar-refractivity contribution in [3.05, 3.63) is 51.5 Å². The van der Waals surface area contributed by atoms with Gasteiger partial charge in [-0.15, -0.1) is 23.7 Å². The summed E-state index contributed by atoms with van der Waals surface area (Å²) in [6.07, 6.45) is 0.717. The number of carbonyl (C=O) groups excluding carboxylic acids is 1. The Balaban J connectivity index is 0.00000242. The molecule has 2 rings (SSSR count). The van der Waals surface area contributed by atoms with Crippen LogP contribution in [0.1, 0.15) is 39.6 Å². The second-order valence-corrected chi connectivity index (χ2v) is 6.11. The summed E-state index contributed by atoms with van der Waals surface area (Å²) in [7, 11) is 1.81. The lowest BCUT2D eigenvalue weighted by Crippen LogP contribution is -2.30. The van der Waals surface area contributed by atoms with Crippen LogP contribution in [0.2, 0.25) is 0 Å². The van der Waals surface area contributed by atoms with Crippen LogP contribution < -0.4 is 5.73 Å². The zero-order valence-corrected chi connectivity index (χ0v) is 14.7. The summed E-state index contributed by atoms with van der Waals surface area (Å²) in [6.45, 7) is 4.63. The highest BCUT2D eigenvalue weighted by atomic mass is 35.5. The van der Waals surface area contributed by atoms with E-state index in [4.69, 9.17) is 5.73 Å². The van der Waals surface area contributed by atoms with Gasteiger partial charge in [0.15, 0.2) is 0 Å². The molecule has 1 unspecified atom stereocenters. The molecule has 0 saturated heterocycles. The normalized spacial score (nSPS) is 11.6. The number of hydrogen-bond acceptors (Lipinski definition) is 4. The van der Waals surface area contributed by atoms with Crippen molar-refractivity contribution in [2.45, 2.75) is 26.3 Å². The number of benzene rings is 1. The summed E-state index contributed by atoms with van der Waals surface area (Å²) in [4.78, 5) is 18.6. The standard InChI is InChI=1S/C16H21N3OS.ClH/c1-11-4-6-13(7-5-11)12(2)19(3)16(20)14-10-21-15(18-14)8-9-17;/h4-7,10,12H,8-9,17H2,1-3H3;1H. The first-order valence-corrected chi connectivity index (χ1v) is 7.89. The molecule has 1 atom stereocenters. The fourth-order valence-corrected chi connectivity index (χ4v) is 2.86. The third-order valence-corrected chi connectivity index (χ3v) is 4.50. The van der Waals surface area contributed by atoms with E-state index in [1.54, 1.807) is 4.90 Å². The van der Waals surface area contributed by atoms with Gasteiger partial charge in [0.1, 0.15) is 5.69 Å². The Morgan fingerprint density at radius 1 is 1.36 bits per heavy atom. The van der Waals surface area contributed by atoms with E-state index in [1.165, 1.54) is 16.9 Å². The van der Waals surface area contributed by atoms with Crippen LogP contribution in [0.25, 0.3) is 0 Å². The number of thiazole rings is 1. The first-order valence-electron chi connectivity index (χ1n) is 7.01. The molecule has 0 bridgehead atoms. The first kappa shape index (κ1) is 18.6. The predicted octanol–water partition coefficient (Wildman–Crippen LogP) is 3.21. The van der Waals surface area contributed by atoms with Crippen molar-refractivity contribution in [3.8, 4) is 0 Å². The summed E-state index contributed by atoms with van der Waals surface area (Å²) in [6, 6.07) is 8.26. The van der Waals surface area contributed by atoms with Crippen LogP contribution in [0.4, 0.5) is 0 Å². The van der Waals surface area contributed by atoms with Gasteiger partial charge in [0, 0.05) is 18.8 Å². The number of halogens is 1. The number of rotatable bonds is 5. The van der Waals surface area contributed by atoms with Crippen LogP contribution in [0.5, 0.6) is 0 Å². The second kappa shape index (κ2) is 8.27. The number of aryl methyl sites for hydroxylation is 1. The van der Waals surface area contributed by atoms with Crippen molar-refractivity contribution >= 4 is 29.7 Å². The van der Waals surface area contributed by atoms with Crippen LogP contribution >= 0.6 is 23.7 Å². The van der Waals surface area contributed by atoms with E-state index in [0.717, 1.165) is 17.0 Å². The number of amides is 1. The van der Waals surface area contributed by atoms with E-state index >= 15 is 0 Å². The second-order valence-electron chi connectivity index (χ2n) is 5.17. The lowest BCUT2D eigenvalue weighted by atomic mass is 10.1. The smallest absolute Gasteiger partial charge is 0.273 e. The largest absolute Gasteiger partial charge is 0.334 e. The molecule has 22 heavy (non-hydrogen) atoms. The molecule has 0 spiro atoms. The van der Waals surface area contributed by atoms with Crippen LogP contribution in [-0.2, 0) is 6.42 Å². The Bertz CT molecular complexity index is 612. The highest BCUT2D eigenvalue weighted by Crippen LogP contribution is 2.22. The molecule has 2 N–H and O–H groups in total. The topological polar surface area (TPSA) is 59.2 Å². The van der Waals surface area contributed by atoms with Gasteiger partial charge in [-0.2, -0.15) is 0 Å². The molecular weight excluding hydrogens is 318 g/mol. The van der Waals surface area contributed by atoms with Crippen molar-refractivity contribution in [1.82, 2.24) is 9.88 Å². The quantitative estimate of drug-likeness (QED) is 0.910. The van der Waals surface area contributed by atoms with Gasteiger partial charge in [0.05, 0.1) is 11.0 Å².